The molecule has 3 nitrogen and oxygen atoms in total. The van der Waals surface area contributed by atoms with Gasteiger partial charge in [-0.15, -0.1) is 0 Å². The molecule has 5 heteroatoms. The van der Waals surface area contributed by atoms with Crippen molar-refractivity contribution >= 4 is 15.9 Å². The fourth-order valence-electron chi connectivity index (χ4n) is 2.45. The van der Waals surface area contributed by atoms with Crippen molar-refractivity contribution in [3.63, 3.8) is 0 Å². The molecule has 18 heavy (non-hydrogen) atoms. The highest BCUT2D eigenvalue weighted by Gasteiger charge is 2.51. The van der Waals surface area contributed by atoms with Gasteiger partial charge in [0.2, 0.25) is 0 Å². The second kappa shape index (κ2) is 4.70. The van der Waals surface area contributed by atoms with Crippen LogP contribution in [-0.2, 0) is 5.41 Å². The Hall–Kier alpha value is -0.810. The van der Waals surface area contributed by atoms with Gasteiger partial charge in [0, 0.05) is 21.5 Å². The van der Waals surface area contributed by atoms with Crippen molar-refractivity contribution in [2.75, 3.05) is 14.2 Å². The van der Waals surface area contributed by atoms with Gasteiger partial charge >= 0.3 is 0 Å². The van der Waals surface area contributed by atoms with E-state index in [1.807, 2.05) is 6.92 Å². The van der Waals surface area contributed by atoms with E-state index in [0.717, 1.165) is 12.8 Å². The Morgan fingerprint density at radius 2 is 2.00 bits per heavy atom. The first-order valence-electron chi connectivity index (χ1n) is 5.84. The molecule has 2 N–H and O–H groups in total. The predicted molar refractivity (Wildman–Crippen MR) is 71.8 cm³/mol. The minimum absolute atomic E-state index is 0.0959. The Kier molecular flexibility index (Phi) is 3.56. The fourth-order valence-corrected chi connectivity index (χ4v) is 3.22. The largest absolute Gasteiger partial charge is 0.493 e. The number of hydrogen-bond donors (Lipinski definition) is 1. The summed E-state index contributed by atoms with van der Waals surface area (Å²) in [5.74, 6) is 0.146. The van der Waals surface area contributed by atoms with Gasteiger partial charge in [-0.2, -0.15) is 0 Å². The van der Waals surface area contributed by atoms with Gasteiger partial charge in [0.25, 0.3) is 0 Å². The quantitative estimate of drug-likeness (QED) is 0.928. The Morgan fingerprint density at radius 1 is 1.39 bits per heavy atom. The van der Waals surface area contributed by atoms with E-state index in [4.69, 9.17) is 15.2 Å². The van der Waals surface area contributed by atoms with E-state index < -0.39 is 0 Å². The molecule has 1 fully saturated rings. The Balaban J connectivity index is 2.62. The van der Waals surface area contributed by atoms with E-state index in [2.05, 4.69) is 15.9 Å². The lowest BCUT2D eigenvalue weighted by atomic mass is 9.88. The Labute approximate surface area is 115 Å². The lowest BCUT2D eigenvalue weighted by Crippen LogP contribution is -2.32. The molecule has 0 spiro atoms. The highest BCUT2D eigenvalue weighted by molar-refractivity contribution is 9.10. The number of rotatable bonds is 4. The topological polar surface area (TPSA) is 44.5 Å². The summed E-state index contributed by atoms with van der Waals surface area (Å²) in [6.07, 6.45) is 1.80. The lowest BCUT2D eigenvalue weighted by molar-refractivity contribution is 0.332. The van der Waals surface area contributed by atoms with Crippen LogP contribution in [0, 0.1) is 5.82 Å². The van der Waals surface area contributed by atoms with Crippen LogP contribution in [0.5, 0.6) is 11.5 Å². The van der Waals surface area contributed by atoms with Gasteiger partial charge in [-0.25, -0.2) is 4.39 Å². The van der Waals surface area contributed by atoms with Gasteiger partial charge in [-0.1, -0.05) is 15.9 Å². The number of halogens is 2. The molecule has 0 aliphatic heterocycles. The maximum Gasteiger partial charge on any atom is 0.197 e. The van der Waals surface area contributed by atoms with Crippen molar-refractivity contribution in [2.24, 2.45) is 5.73 Å². The van der Waals surface area contributed by atoms with E-state index in [1.54, 1.807) is 6.07 Å². The molecule has 0 bridgehead atoms. The van der Waals surface area contributed by atoms with Crippen molar-refractivity contribution in [1.29, 1.82) is 0 Å². The van der Waals surface area contributed by atoms with Crippen LogP contribution in [0.15, 0.2) is 10.5 Å². The molecule has 0 radical (unpaired) electrons. The van der Waals surface area contributed by atoms with Gasteiger partial charge in [0.05, 0.1) is 14.2 Å². The molecule has 1 saturated carbocycles. The molecule has 1 aromatic rings. The van der Waals surface area contributed by atoms with Crippen molar-refractivity contribution < 1.29 is 13.9 Å². The van der Waals surface area contributed by atoms with Gasteiger partial charge in [0.1, 0.15) is 0 Å². The molecule has 0 amide bonds. The number of methoxy groups -OCH3 is 2. The van der Waals surface area contributed by atoms with Crippen LogP contribution in [0.4, 0.5) is 4.39 Å². The van der Waals surface area contributed by atoms with Crippen LogP contribution >= 0.6 is 15.9 Å². The van der Waals surface area contributed by atoms with E-state index >= 15 is 0 Å². The molecule has 0 heterocycles. The summed E-state index contributed by atoms with van der Waals surface area (Å²) in [6, 6.07) is 1.64. The van der Waals surface area contributed by atoms with Crippen LogP contribution < -0.4 is 15.2 Å². The Bertz CT molecular complexity index is 473. The average molecular weight is 318 g/mol. The molecule has 0 aromatic heterocycles. The molecule has 1 aliphatic rings. The first-order valence-corrected chi connectivity index (χ1v) is 6.63. The zero-order valence-corrected chi connectivity index (χ0v) is 12.3. The molecule has 1 aromatic carbocycles. The van der Waals surface area contributed by atoms with Gasteiger partial charge in [0.15, 0.2) is 17.3 Å². The van der Waals surface area contributed by atoms with Crippen LogP contribution in [0.1, 0.15) is 25.3 Å². The van der Waals surface area contributed by atoms with Gasteiger partial charge in [-0.05, 0) is 25.8 Å². The lowest BCUT2D eigenvalue weighted by Gasteiger charge is -2.24. The van der Waals surface area contributed by atoms with E-state index in [-0.39, 0.29) is 23.0 Å². The highest BCUT2D eigenvalue weighted by atomic mass is 79.9. The maximum absolute atomic E-state index is 14.6. The third kappa shape index (κ3) is 1.89. The first kappa shape index (κ1) is 13.6. The molecule has 1 unspecified atom stereocenters. The van der Waals surface area contributed by atoms with E-state index in [0.29, 0.717) is 15.8 Å². The molecule has 1 atom stereocenters. The van der Waals surface area contributed by atoms with Crippen molar-refractivity contribution in [3.05, 3.63) is 21.9 Å². The monoisotopic (exact) mass is 317 g/mol. The summed E-state index contributed by atoms with van der Waals surface area (Å²) in [7, 11) is 2.92. The molecular weight excluding hydrogens is 301 g/mol. The van der Waals surface area contributed by atoms with Crippen LogP contribution in [0.2, 0.25) is 0 Å². The zero-order chi connectivity index (χ0) is 13.5. The van der Waals surface area contributed by atoms with Crippen LogP contribution in [-0.4, -0.2) is 20.3 Å². The molecule has 100 valence electrons. The summed E-state index contributed by atoms with van der Waals surface area (Å²) in [5, 5.41) is 0. The maximum atomic E-state index is 14.6. The minimum atomic E-state index is -0.376. The second-order valence-corrected chi connectivity index (χ2v) is 5.58. The van der Waals surface area contributed by atoms with E-state index in [1.165, 1.54) is 14.2 Å². The number of nitrogens with two attached hydrogens (primary N) is 1. The average Bonchev–Trinajstić information content (AvgIpc) is 3.09. The first-order chi connectivity index (χ1) is 8.47. The fraction of sp³-hybridized carbons (Fsp3) is 0.538. The second-order valence-electron chi connectivity index (χ2n) is 4.73. The summed E-state index contributed by atoms with van der Waals surface area (Å²) in [4.78, 5) is 0. The third-order valence-corrected chi connectivity index (χ3v) is 4.35. The summed E-state index contributed by atoms with van der Waals surface area (Å²) < 4.78 is 25.5. The van der Waals surface area contributed by atoms with E-state index in [9.17, 15) is 4.39 Å². The number of ether oxygens (including phenoxy) is 2. The predicted octanol–water partition coefficient (Wildman–Crippen LogP) is 2.98. The molecule has 0 saturated heterocycles. The number of hydrogen-bond acceptors (Lipinski definition) is 3. The normalized spacial score (nSPS) is 18.3. The standard InChI is InChI=1S/C13H17BrFNO2/c1-7(16)13(4-5-13)10-8(14)6-9(17-2)12(18-3)11(10)15/h6-7H,4-5,16H2,1-3H3. The third-order valence-electron chi connectivity index (χ3n) is 3.72. The van der Waals surface area contributed by atoms with Crippen molar-refractivity contribution in [1.82, 2.24) is 0 Å². The smallest absolute Gasteiger partial charge is 0.197 e. The minimum Gasteiger partial charge on any atom is -0.493 e. The van der Waals surface area contributed by atoms with Crippen molar-refractivity contribution in [2.45, 2.75) is 31.2 Å². The Morgan fingerprint density at radius 3 is 2.39 bits per heavy atom. The summed E-state index contributed by atoms with van der Waals surface area (Å²) in [5.41, 5.74) is 6.34. The van der Waals surface area contributed by atoms with Gasteiger partial charge < -0.3 is 15.2 Å². The van der Waals surface area contributed by atoms with Crippen LogP contribution in [0.25, 0.3) is 0 Å². The zero-order valence-electron chi connectivity index (χ0n) is 10.7. The molecule has 1 aliphatic carbocycles. The number of benzene rings is 1. The summed E-state index contributed by atoms with van der Waals surface area (Å²) >= 11 is 3.42. The summed E-state index contributed by atoms with van der Waals surface area (Å²) in [6.45, 7) is 1.91. The highest BCUT2D eigenvalue weighted by Crippen LogP contribution is 2.55. The SMILES string of the molecule is COc1cc(Br)c(C2(C(C)N)CC2)c(F)c1OC. The van der Waals surface area contributed by atoms with Crippen LogP contribution in [0.3, 0.4) is 0 Å². The van der Waals surface area contributed by atoms with Crippen molar-refractivity contribution in [3.8, 4) is 11.5 Å². The molecular formula is C13H17BrFNO2. The van der Waals surface area contributed by atoms with Gasteiger partial charge in [-0.3, -0.25) is 0 Å². The molecule has 2 rings (SSSR count).